The number of nitrogens with zero attached hydrogens (tertiary/aromatic N) is 3. The van der Waals surface area contributed by atoms with Crippen molar-refractivity contribution in [2.24, 2.45) is 16.9 Å². The van der Waals surface area contributed by atoms with Crippen LogP contribution in [0.15, 0.2) is 102 Å². The summed E-state index contributed by atoms with van der Waals surface area (Å²) in [6, 6.07) is 27.8. The van der Waals surface area contributed by atoms with Crippen LogP contribution in [-0.2, 0) is 15.0 Å². The Labute approximate surface area is 258 Å². The average Bonchev–Trinajstić information content (AvgIpc) is 3.34. The van der Waals surface area contributed by atoms with Crippen molar-refractivity contribution in [3.63, 3.8) is 0 Å². The van der Waals surface area contributed by atoms with Crippen LogP contribution in [-0.4, -0.2) is 35.5 Å². The zero-order valence-corrected chi connectivity index (χ0v) is 24.3. The number of anilines is 1. The maximum absolute atomic E-state index is 14.5. The van der Waals surface area contributed by atoms with Gasteiger partial charge in [-0.3, -0.25) is 24.5 Å². The van der Waals surface area contributed by atoms with Crippen molar-refractivity contribution in [3.8, 4) is 5.75 Å². The number of carbonyl (C=O) groups excluding carboxylic acids is 3. The van der Waals surface area contributed by atoms with Crippen LogP contribution in [0, 0.1) is 22.0 Å². The van der Waals surface area contributed by atoms with E-state index >= 15 is 0 Å². The number of nitrogens with one attached hydrogen (secondary N) is 1. The fraction of sp³-hybridized carbons (Fsp3) is 0.200. The highest BCUT2D eigenvalue weighted by molar-refractivity contribution is 6.25. The molecule has 2 atom stereocenters. The molecule has 10 heteroatoms. The second kappa shape index (κ2) is 10.8. The molecule has 3 amide bonds. The maximum Gasteiger partial charge on any atom is 0.271 e. The molecule has 10 nitrogen and oxygen atoms in total. The van der Waals surface area contributed by atoms with Crippen molar-refractivity contribution in [2.75, 3.05) is 11.5 Å². The zero-order valence-electron chi connectivity index (χ0n) is 24.3. The van der Waals surface area contributed by atoms with E-state index in [0.717, 1.165) is 28.7 Å². The summed E-state index contributed by atoms with van der Waals surface area (Å²) in [7, 11) is 0. The van der Waals surface area contributed by atoms with E-state index in [4.69, 9.17) is 4.74 Å². The van der Waals surface area contributed by atoms with Crippen LogP contribution < -0.4 is 15.1 Å². The van der Waals surface area contributed by atoms with E-state index in [1.54, 1.807) is 30.5 Å². The lowest BCUT2D eigenvalue weighted by molar-refractivity contribution is -0.384. The lowest BCUT2D eigenvalue weighted by Gasteiger charge is -2.52. The van der Waals surface area contributed by atoms with Gasteiger partial charge in [0.2, 0.25) is 11.8 Å². The number of amides is 3. The first-order chi connectivity index (χ1) is 21.9. The number of carbonyl (C=O) groups is 3. The summed E-state index contributed by atoms with van der Waals surface area (Å²) in [5.74, 6) is -2.50. The van der Waals surface area contributed by atoms with Gasteiger partial charge in [-0.1, -0.05) is 61.5 Å². The molecule has 8 rings (SSSR count). The van der Waals surface area contributed by atoms with Crippen LogP contribution in [0.4, 0.5) is 11.4 Å². The molecule has 0 saturated carbocycles. The Kier molecular flexibility index (Phi) is 6.77. The molecule has 0 unspecified atom stereocenters. The number of benzene rings is 4. The topological polar surface area (TPSA) is 131 Å². The summed E-state index contributed by atoms with van der Waals surface area (Å²) in [4.78, 5) is 53.8. The van der Waals surface area contributed by atoms with E-state index < -0.39 is 28.1 Å². The van der Waals surface area contributed by atoms with E-state index in [1.807, 2.05) is 55.5 Å². The first kappa shape index (κ1) is 28.1. The second-order valence-corrected chi connectivity index (χ2v) is 11.4. The first-order valence-corrected chi connectivity index (χ1v) is 14.7. The number of hydrazone groups is 1. The van der Waals surface area contributed by atoms with Gasteiger partial charge < -0.3 is 4.74 Å². The fourth-order valence-corrected chi connectivity index (χ4v) is 7.23. The maximum atomic E-state index is 14.5. The highest BCUT2D eigenvalue weighted by Crippen LogP contribution is 2.63. The van der Waals surface area contributed by atoms with Crippen molar-refractivity contribution >= 4 is 35.3 Å². The summed E-state index contributed by atoms with van der Waals surface area (Å²) in [5, 5.41) is 15.6. The summed E-state index contributed by atoms with van der Waals surface area (Å²) < 4.78 is 5.71. The van der Waals surface area contributed by atoms with Gasteiger partial charge in [0.15, 0.2) is 0 Å². The molecule has 1 saturated heterocycles. The van der Waals surface area contributed by atoms with Gasteiger partial charge in [0.1, 0.15) is 5.75 Å². The molecule has 1 fully saturated rings. The van der Waals surface area contributed by atoms with Crippen LogP contribution in [0.3, 0.4) is 0 Å². The molecule has 0 spiro atoms. The smallest absolute Gasteiger partial charge is 0.271 e. The molecule has 1 N–H and O–H groups in total. The standard InChI is InChI=1S/C35H28N4O6/c1-2-18-45-24-16-14-22(15-17-24)38-33(41)30-29-25-10-3-5-12-27(25)35(31(30)34(38)42,28-13-6-4-11-26(28)29)20-36-37-32(40)21-8-7-9-23(19-21)39(43)44/h3-17,19-20,29-31H,2,18H2,1H3,(H,37,40)/b36-20-/t29?,30-,31+,35?/m0/s1. The number of hydrogen-bond donors (Lipinski definition) is 1. The number of nitro groups is 1. The summed E-state index contributed by atoms with van der Waals surface area (Å²) in [6.07, 6.45) is 2.41. The largest absolute Gasteiger partial charge is 0.494 e. The van der Waals surface area contributed by atoms with Gasteiger partial charge in [-0.25, -0.2) is 10.3 Å². The first-order valence-electron chi connectivity index (χ1n) is 14.7. The summed E-state index contributed by atoms with van der Waals surface area (Å²) >= 11 is 0. The van der Waals surface area contributed by atoms with Crippen molar-refractivity contribution in [1.29, 1.82) is 0 Å². The Morgan fingerprint density at radius 1 is 0.956 bits per heavy atom. The predicted molar refractivity (Wildman–Crippen MR) is 166 cm³/mol. The van der Waals surface area contributed by atoms with E-state index in [1.165, 1.54) is 29.2 Å². The van der Waals surface area contributed by atoms with E-state index in [-0.39, 0.29) is 29.0 Å². The summed E-state index contributed by atoms with van der Waals surface area (Å²) in [6.45, 7) is 2.57. The van der Waals surface area contributed by atoms with Crippen molar-refractivity contribution in [1.82, 2.24) is 5.43 Å². The number of nitro benzene ring substituents is 1. The fourth-order valence-electron chi connectivity index (χ4n) is 7.23. The van der Waals surface area contributed by atoms with Crippen molar-refractivity contribution < 1.29 is 24.0 Å². The number of hydrogen-bond acceptors (Lipinski definition) is 7. The number of ether oxygens (including phenoxy) is 1. The molecule has 1 aliphatic heterocycles. The van der Waals surface area contributed by atoms with Crippen LogP contribution in [0.25, 0.3) is 0 Å². The normalized spacial score (nSPS) is 22.6. The van der Waals surface area contributed by atoms with Crippen molar-refractivity contribution in [3.05, 3.63) is 135 Å². The molecular formula is C35H28N4O6. The lowest BCUT2D eigenvalue weighted by Crippen LogP contribution is -2.54. The third-order valence-electron chi connectivity index (χ3n) is 9.01. The Bertz CT molecular complexity index is 1850. The molecular weight excluding hydrogens is 572 g/mol. The van der Waals surface area contributed by atoms with Crippen LogP contribution >= 0.6 is 0 Å². The third-order valence-corrected chi connectivity index (χ3v) is 9.01. The Morgan fingerprint density at radius 2 is 1.62 bits per heavy atom. The molecule has 4 aromatic rings. The van der Waals surface area contributed by atoms with Crippen molar-refractivity contribution in [2.45, 2.75) is 24.7 Å². The van der Waals surface area contributed by atoms with Crippen LogP contribution in [0.1, 0.15) is 51.9 Å². The van der Waals surface area contributed by atoms with Gasteiger partial charge in [-0.05, 0) is 59.0 Å². The van der Waals surface area contributed by atoms with E-state index in [9.17, 15) is 24.5 Å². The lowest BCUT2D eigenvalue weighted by atomic mass is 9.47. The van der Waals surface area contributed by atoms with Gasteiger partial charge in [-0.15, -0.1) is 0 Å². The molecule has 0 aromatic heterocycles. The monoisotopic (exact) mass is 600 g/mol. The zero-order chi connectivity index (χ0) is 31.3. The SMILES string of the molecule is CCCOc1ccc(N2C(=O)[C@H]3C4c5ccccc5C(/C=N\NC(=O)c5cccc([N+](=O)[O-])c5)(c5ccccc54)[C@H]3C2=O)cc1. The Balaban J connectivity index is 1.33. The van der Waals surface area contributed by atoms with E-state index in [0.29, 0.717) is 18.0 Å². The van der Waals surface area contributed by atoms with Gasteiger partial charge >= 0.3 is 0 Å². The minimum Gasteiger partial charge on any atom is -0.494 e. The molecule has 4 aromatic carbocycles. The molecule has 0 radical (unpaired) electrons. The Hall–Kier alpha value is -5.64. The van der Waals surface area contributed by atoms with Gasteiger partial charge in [0.25, 0.3) is 11.6 Å². The molecule has 224 valence electrons. The number of rotatable bonds is 8. The summed E-state index contributed by atoms with van der Waals surface area (Å²) in [5.41, 5.74) is 5.18. The highest BCUT2D eigenvalue weighted by Gasteiger charge is 2.68. The number of imide groups is 1. The predicted octanol–water partition coefficient (Wildman–Crippen LogP) is 5.35. The molecule has 45 heavy (non-hydrogen) atoms. The third kappa shape index (κ3) is 4.24. The average molecular weight is 601 g/mol. The second-order valence-electron chi connectivity index (χ2n) is 11.4. The van der Waals surface area contributed by atoms with Gasteiger partial charge in [0, 0.05) is 29.8 Å². The minimum atomic E-state index is -1.17. The van der Waals surface area contributed by atoms with Crippen LogP contribution in [0.5, 0.6) is 5.75 Å². The molecule has 4 aliphatic rings. The molecule has 1 heterocycles. The Morgan fingerprint density at radius 3 is 2.27 bits per heavy atom. The molecule has 2 bridgehead atoms. The number of non-ortho nitro benzene ring substituents is 1. The quantitative estimate of drug-likeness (QED) is 0.126. The van der Waals surface area contributed by atoms with E-state index in [2.05, 4.69) is 10.5 Å². The molecule has 3 aliphatic carbocycles. The van der Waals surface area contributed by atoms with Gasteiger partial charge in [-0.2, -0.15) is 5.10 Å². The highest BCUT2D eigenvalue weighted by atomic mass is 16.6. The van der Waals surface area contributed by atoms with Crippen LogP contribution in [0.2, 0.25) is 0 Å². The van der Waals surface area contributed by atoms with Gasteiger partial charge in [0.05, 0.1) is 34.5 Å². The minimum absolute atomic E-state index is 0.0644.